The van der Waals surface area contributed by atoms with Crippen LogP contribution in [0, 0.1) is 0 Å². The summed E-state index contributed by atoms with van der Waals surface area (Å²) < 4.78 is 5.36. The van der Waals surface area contributed by atoms with Crippen molar-refractivity contribution >= 4 is 11.9 Å². The van der Waals surface area contributed by atoms with Crippen LogP contribution >= 0.6 is 0 Å². The van der Waals surface area contributed by atoms with Gasteiger partial charge in [-0.1, -0.05) is 0 Å². The number of carbonyl (C=O) groups is 1. The number of amidine groups is 1. The predicted molar refractivity (Wildman–Crippen MR) is 54.7 cm³/mol. The molecular weight excluding hydrogens is 214 g/mol. The molecule has 0 spiro atoms. The Morgan fingerprint density at radius 1 is 1.62 bits per heavy atom. The number of hydrogen-bond donors (Lipinski definition) is 3. The molecule has 0 radical (unpaired) electrons. The zero-order valence-electron chi connectivity index (χ0n) is 8.74. The van der Waals surface area contributed by atoms with Gasteiger partial charge < -0.3 is 20.7 Å². The van der Waals surface area contributed by atoms with Gasteiger partial charge in [-0.15, -0.1) is 0 Å². The van der Waals surface area contributed by atoms with Gasteiger partial charge in [-0.2, -0.15) is 4.99 Å². The van der Waals surface area contributed by atoms with Crippen molar-refractivity contribution < 1.29 is 19.7 Å². The molecule has 2 amide bonds. The summed E-state index contributed by atoms with van der Waals surface area (Å²) in [4.78, 5) is 16.6. The Bertz CT molecular complexity index is 320. The highest BCUT2D eigenvalue weighted by Crippen LogP contribution is 2.24. The highest BCUT2D eigenvalue weighted by atomic mass is 16.5. The topological polar surface area (TPSA) is 108 Å². The molecule has 0 aromatic heterocycles. The lowest BCUT2D eigenvalue weighted by Crippen LogP contribution is -2.44. The number of rotatable bonds is 2. The highest BCUT2D eigenvalue weighted by molar-refractivity contribution is 5.95. The van der Waals surface area contributed by atoms with Crippen LogP contribution in [0.3, 0.4) is 0 Å². The van der Waals surface area contributed by atoms with Gasteiger partial charge in [0.2, 0.25) is 0 Å². The van der Waals surface area contributed by atoms with Crippen molar-refractivity contribution in [1.82, 2.24) is 4.90 Å². The second kappa shape index (κ2) is 4.36. The normalized spacial score (nSPS) is 35.4. The second-order valence-electron chi connectivity index (χ2n) is 3.94. The van der Waals surface area contributed by atoms with E-state index in [9.17, 15) is 9.90 Å². The number of nitrogens with zero attached hydrogens (tertiary/aromatic N) is 2. The van der Waals surface area contributed by atoms with Crippen LogP contribution in [0.5, 0.6) is 0 Å². The molecule has 1 saturated heterocycles. The van der Waals surface area contributed by atoms with Crippen LogP contribution < -0.4 is 5.73 Å². The minimum Gasteiger partial charge on any atom is -0.394 e. The SMILES string of the molecule is NC1=NC(=O)N([C@H]2CC(O)[C@@H](CO)O2)CC1. The molecule has 1 fully saturated rings. The van der Waals surface area contributed by atoms with Crippen LogP contribution in [-0.4, -0.2) is 58.6 Å². The maximum absolute atomic E-state index is 11.5. The fourth-order valence-electron chi connectivity index (χ4n) is 1.91. The lowest BCUT2D eigenvalue weighted by Gasteiger charge is -2.29. The number of aliphatic hydroxyl groups excluding tert-OH is 2. The fraction of sp³-hybridized carbons (Fsp3) is 0.778. The largest absolute Gasteiger partial charge is 0.394 e. The molecule has 0 aromatic carbocycles. The first-order chi connectivity index (χ1) is 7.61. The molecule has 7 nitrogen and oxygen atoms in total. The van der Waals surface area contributed by atoms with Crippen molar-refractivity contribution in [2.24, 2.45) is 10.7 Å². The van der Waals surface area contributed by atoms with Crippen LogP contribution in [0.2, 0.25) is 0 Å². The summed E-state index contributed by atoms with van der Waals surface area (Å²) in [5.74, 6) is 0.318. The van der Waals surface area contributed by atoms with E-state index in [0.29, 0.717) is 25.2 Å². The Morgan fingerprint density at radius 3 is 2.94 bits per heavy atom. The van der Waals surface area contributed by atoms with Gasteiger partial charge in [0, 0.05) is 19.4 Å². The maximum Gasteiger partial charge on any atom is 0.347 e. The van der Waals surface area contributed by atoms with Crippen LogP contribution in [0.15, 0.2) is 4.99 Å². The van der Waals surface area contributed by atoms with Crippen molar-refractivity contribution in [2.45, 2.75) is 31.3 Å². The summed E-state index contributed by atoms with van der Waals surface area (Å²) in [5, 5.41) is 18.5. The molecule has 7 heteroatoms. The van der Waals surface area contributed by atoms with Crippen LogP contribution in [0.4, 0.5) is 4.79 Å². The third-order valence-corrected chi connectivity index (χ3v) is 2.83. The van der Waals surface area contributed by atoms with Gasteiger partial charge in [0.25, 0.3) is 0 Å². The number of ether oxygens (including phenoxy) is 1. The van der Waals surface area contributed by atoms with Crippen molar-refractivity contribution in [2.75, 3.05) is 13.2 Å². The Kier molecular flexibility index (Phi) is 3.08. The molecule has 16 heavy (non-hydrogen) atoms. The van der Waals surface area contributed by atoms with E-state index in [4.69, 9.17) is 15.6 Å². The average molecular weight is 229 g/mol. The first-order valence-corrected chi connectivity index (χ1v) is 5.20. The van der Waals surface area contributed by atoms with Crippen molar-refractivity contribution in [1.29, 1.82) is 0 Å². The van der Waals surface area contributed by atoms with Gasteiger partial charge >= 0.3 is 6.03 Å². The summed E-state index contributed by atoms with van der Waals surface area (Å²) >= 11 is 0. The fourth-order valence-corrected chi connectivity index (χ4v) is 1.91. The van der Waals surface area contributed by atoms with E-state index in [1.54, 1.807) is 0 Å². The van der Waals surface area contributed by atoms with Crippen molar-refractivity contribution in [3.05, 3.63) is 0 Å². The monoisotopic (exact) mass is 229 g/mol. The first-order valence-electron chi connectivity index (χ1n) is 5.20. The first kappa shape index (κ1) is 11.3. The third kappa shape index (κ3) is 2.01. The lowest BCUT2D eigenvalue weighted by atomic mass is 10.2. The molecule has 0 bridgehead atoms. The summed E-state index contributed by atoms with van der Waals surface area (Å²) in [5.41, 5.74) is 5.44. The number of hydrogen-bond acceptors (Lipinski definition) is 5. The smallest absolute Gasteiger partial charge is 0.347 e. The van der Waals surface area contributed by atoms with E-state index in [1.165, 1.54) is 4.90 Å². The minimum atomic E-state index is -0.744. The van der Waals surface area contributed by atoms with Crippen molar-refractivity contribution in [3.8, 4) is 0 Å². The highest BCUT2D eigenvalue weighted by Gasteiger charge is 2.39. The van der Waals surface area contributed by atoms with Gasteiger partial charge in [0.05, 0.1) is 12.7 Å². The zero-order chi connectivity index (χ0) is 11.7. The van der Waals surface area contributed by atoms with E-state index in [2.05, 4.69) is 4.99 Å². The average Bonchev–Trinajstić information content (AvgIpc) is 2.59. The Labute approximate surface area is 92.5 Å². The summed E-state index contributed by atoms with van der Waals surface area (Å²) in [6, 6.07) is -0.445. The standard InChI is InChI=1S/C9H15N3O4/c10-7-1-2-12(9(15)11-7)8-3-5(14)6(4-13)16-8/h5-6,8,13-14H,1-4H2,(H2,10,11,15)/t5?,6-,8-/m1/s1. The third-order valence-electron chi connectivity index (χ3n) is 2.83. The molecule has 0 aliphatic carbocycles. The molecular formula is C9H15N3O4. The maximum atomic E-state index is 11.5. The van der Waals surface area contributed by atoms with E-state index < -0.39 is 24.5 Å². The second-order valence-corrected chi connectivity index (χ2v) is 3.94. The number of aliphatic imine (C=N–C) groups is 1. The number of urea groups is 1. The van der Waals surface area contributed by atoms with E-state index in [0.717, 1.165) is 0 Å². The summed E-state index contributed by atoms with van der Waals surface area (Å²) in [7, 11) is 0. The van der Waals surface area contributed by atoms with Gasteiger partial charge in [-0.05, 0) is 0 Å². The molecule has 4 N–H and O–H groups in total. The van der Waals surface area contributed by atoms with Gasteiger partial charge in [-0.25, -0.2) is 4.79 Å². The van der Waals surface area contributed by atoms with E-state index in [-0.39, 0.29) is 6.61 Å². The van der Waals surface area contributed by atoms with E-state index in [1.807, 2.05) is 0 Å². The molecule has 2 heterocycles. The van der Waals surface area contributed by atoms with Crippen LogP contribution in [0.25, 0.3) is 0 Å². The molecule has 2 aliphatic heterocycles. The number of aliphatic hydroxyl groups is 2. The Morgan fingerprint density at radius 2 is 2.38 bits per heavy atom. The predicted octanol–water partition coefficient (Wildman–Crippen LogP) is -1.36. The van der Waals surface area contributed by atoms with Gasteiger partial charge in [0.15, 0.2) is 0 Å². The molecule has 0 aromatic rings. The molecule has 90 valence electrons. The molecule has 3 atom stereocenters. The van der Waals surface area contributed by atoms with Crippen LogP contribution in [0.1, 0.15) is 12.8 Å². The van der Waals surface area contributed by atoms with Gasteiger partial charge in [-0.3, -0.25) is 4.90 Å². The number of nitrogens with two attached hydrogens (primary N) is 1. The minimum absolute atomic E-state index is 0.259. The molecule has 1 unspecified atom stereocenters. The van der Waals surface area contributed by atoms with E-state index >= 15 is 0 Å². The quantitative estimate of drug-likeness (QED) is 0.541. The lowest BCUT2D eigenvalue weighted by molar-refractivity contribution is -0.0631. The number of carbonyl (C=O) groups excluding carboxylic acids is 1. The van der Waals surface area contributed by atoms with Crippen molar-refractivity contribution in [3.63, 3.8) is 0 Å². The molecule has 2 rings (SSSR count). The van der Waals surface area contributed by atoms with Gasteiger partial charge in [0.1, 0.15) is 18.2 Å². The Hall–Kier alpha value is -1.18. The van der Waals surface area contributed by atoms with Crippen LogP contribution in [-0.2, 0) is 4.74 Å². The Balaban J connectivity index is 2.02. The molecule has 2 aliphatic rings. The molecule has 0 saturated carbocycles. The zero-order valence-corrected chi connectivity index (χ0v) is 8.74. The summed E-state index contributed by atoms with van der Waals surface area (Å²) in [6.07, 6.45) is -1.08. The number of amides is 2. The summed E-state index contributed by atoms with van der Waals surface area (Å²) in [6.45, 7) is 0.175.